The van der Waals surface area contributed by atoms with Gasteiger partial charge in [0.2, 0.25) is 0 Å². The van der Waals surface area contributed by atoms with Crippen molar-refractivity contribution in [1.29, 1.82) is 0 Å². The Bertz CT molecular complexity index is 502. The first-order valence-corrected chi connectivity index (χ1v) is 4.58. The summed E-state index contributed by atoms with van der Waals surface area (Å²) in [7, 11) is 0. The predicted molar refractivity (Wildman–Crippen MR) is 56.8 cm³/mol. The number of hydrogen-bond donors (Lipinski definition) is 1. The predicted octanol–water partition coefficient (Wildman–Crippen LogP) is 2.52. The minimum atomic E-state index is -0.458. The SMILES string of the molecule is Nc1ccc(-c2cnnc(Cl)c2)cc1F. The standard InChI is InChI=1S/C10H7ClFN3/c11-10-4-7(5-14-15-10)6-1-2-9(13)8(12)3-6/h1-5H,13H2. The topological polar surface area (TPSA) is 51.8 Å². The summed E-state index contributed by atoms with van der Waals surface area (Å²) in [5, 5.41) is 7.55. The monoisotopic (exact) mass is 223 g/mol. The van der Waals surface area contributed by atoms with E-state index >= 15 is 0 Å². The molecule has 0 saturated carbocycles. The lowest BCUT2D eigenvalue weighted by molar-refractivity contribution is 0.633. The first-order chi connectivity index (χ1) is 7.16. The number of nitrogen functional groups attached to an aromatic ring is 1. The highest BCUT2D eigenvalue weighted by molar-refractivity contribution is 6.29. The molecular weight excluding hydrogens is 217 g/mol. The van der Waals surface area contributed by atoms with Crippen LogP contribution >= 0.6 is 11.6 Å². The number of hydrogen-bond acceptors (Lipinski definition) is 3. The number of rotatable bonds is 1. The first kappa shape index (κ1) is 9.86. The maximum Gasteiger partial charge on any atom is 0.152 e. The highest BCUT2D eigenvalue weighted by Gasteiger charge is 2.03. The molecule has 0 unspecified atom stereocenters. The third-order valence-corrected chi connectivity index (χ3v) is 2.14. The van der Waals surface area contributed by atoms with Gasteiger partial charge in [-0.15, -0.1) is 5.10 Å². The molecule has 0 saturated heterocycles. The summed E-state index contributed by atoms with van der Waals surface area (Å²) in [5.74, 6) is -0.458. The summed E-state index contributed by atoms with van der Waals surface area (Å²) in [4.78, 5) is 0. The smallest absolute Gasteiger partial charge is 0.152 e. The molecule has 0 aliphatic carbocycles. The lowest BCUT2D eigenvalue weighted by Gasteiger charge is -2.02. The van der Waals surface area contributed by atoms with Crippen molar-refractivity contribution >= 4 is 17.3 Å². The Morgan fingerprint density at radius 1 is 1.20 bits per heavy atom. The molecule has 1 heterocycles. The Morgan fingerprint density at radius 3 is 2.67 bits per heavy atom. The molecule has 2 rings (SSSR count). The van der Waals surface area contributed by atoms with Gasteiger partial charge in [-0.3, -0.25) is 0 Å². The van der Waals surface area contributed by atoms with Crippen LogP contribution in [0.1, 0.15) is 0 Å². The summed E-state index contributed by atoms with van der Waals surface area (Å²) < 4.78 is 13.2. The Kier molecular flexibility index (Phi) is 2.51. The molecule has 3 nitrogen and oxygen atoms in total. The Labute approximate surface area is 90.7 Å². The van der Waals surface area contributed by atoms with Gasteiger partial charge in [-0.25, -0.2) is 4.39 Å². The van der Waals surface area contributed by atoms with E-state index in [0.717, 1.165) is 0 Å². The summed E-state index contributed by atoms with van der Waals surface area (Å²) in [6.45, 7) is 0. The first-order valence-electron chi connectivity index (χ1n) is 4.20. The average molecular weight is 224 g/mol. The molecule has 1 aromatic carbocycles. The normalized spacial score (nSPS) is 10.3. The van der Waals surface area contributed by atoms with Crippen LogP contribution in [0.15, 0.2) is 30.5 Å². The van der Waals surface area contributed by atoms with Gasteiger partial charge in [0.05, 0.1) is 11.9 Å². The lowest BCUT2D eigenvalue weighted by atomic mass is 10.1. The molecule has 0 spiro atoms. The largest absolute Gasteiger partial charge is 0.396 e. The van der Waals surface area contributed by atoms with Gasteiger partial charge in [-0.2, -0.15) is 5.10 Å². The van der Waals surface area contributed by atoms with Crippen LogP contribution < -0.4 is 5.73 Å². The van der Waals surface area contributed by atoms with Gasteiger partial charge in [0, 0.05) is 5.56 Å². The summed E-state index contributed by atoms with van der Waals surface area (Å²) in [6, 6.07) is 6.15. The van der Waals surface area contributed by atoms with E-state index in [4.69, 9.17) is 17.3 Å². The van der Waals surface area contributed by atoms with Crippen LogP contribution in [0.3, 0.4) is 0 Å². The maximum atomic E-state index is 13.2. The molecule has 76 valence electrons. The maximum absolute atomic E-state index is 13.2. The van der Waals surface area contributed by atoms with E-state index < -0.39 is 5.82 Å². The second kappa shape index (κ2) is 3.82. The Balaban J connectivity index is 2.50. The van der Waals surface area contributed by atoms with Crippen molar-refractivity contribution in [2.45, 2.75) is 0 Å². The van der Waals surface area contributed by atoms with E-state index in [2.05, 4.69) is 10.2 Å². The molecule has 2 N–H and O–H groups in total. The average Bonchev–Trinajstić information content (AvgIpc) is 2.22. The Morgan fingerprint density at radius 2 is 2.00 bits per heavy atom. The van der Waals surface area contributed by atoms with Gasteiger partial charge in [0.15, 0.2) is 5.15 Å². The van der Waals surface area contributed by atoms with Crippen LogP contribution in [0.2, 0.25) is 5.15 Å². The van der Waals surface area contributed by atoms with Crippen molar-refractivity contribution in [2.75, 3.05) is 5.73 Å². The zero-order valence-electron chi connectivity index (χ0n) is 7.61. The summed E-state index contributed by atoms with van der Waals surface area (Å²) in [5.41, 5.74) is 6.85. The van der Waals surface area contributed by atoms with Gasteiger partial charge < -0.3 is 5.73 Å². The number of halogens is 2. The van der Waals surface area contributed by atoms with Crippen molar-refractivity contribution in [3.63, 3.8) is 0 Å². The van der Waals surface area contributed by atoms with Gasteiger partial charge in [0.1, 0.15) is 5.82 Å². The molecule has 0 amide bonds. The van der Waals surface area contributed by atoms with E-state index in [1.54, 1.807) is 12.1 Å². The number of nitrogens with zero attached hydrogens (tertiary/aromatic N) is 2. The fourth-order valence-corrected chi connectivity index (χ4v) is 1.37. The van der Waals surface area contributed by atoms with Crippen molar-refractivity contribution in [3.05, 3.63) is 41.4 Å². The number of nitrogens with two attached hydrogens (primary N) is 1. The molecule has 0 fully saturated rings. The van der Waals surface area contributed by atoms with E-state index in [9.17, 15) is 4.39 Å². The highest BCUT2D eigenvalue weighted by Crippen LogP contribution is 2.23. The van der Waals surface area contributed by atoms with E-state index in [1.807, 2.05) is 0 Å². The molecule has 0 aliphatic rings. The molecule has 2 aromatic rings. The van der Waals surface area contributed by atoms with Crippen LogP contribution in [0, 0.1) is 5.82 Å². The van der Waals surface area contributed by atoms with Crippen LogP contribution in [0.5, 0.6) is 0 Å². The third kappa shape index (κ3) is 2.05. The zero-order valence-corrected chi connectivity index (χ0v) is 8.37. The van der Waals surface area contributed by atoms with Crippen molar-refractivity contribution in [3.8, 4) is 11.1 Å². The van der Waals surface area contributed by atoms with Crippen molar-refractivity contribution in [1.82, 2.24) is 10.2 Å². The molecular formula is C10H7ClFN3. The van der Waals surface area contributed by atoms with E-state index in [0.29, 0.717) is 11.1 Å². The van der Waals surface area contributed by atoms with Gasteiger partial charge in [0.25, 0.3) is 0 Å². The van der Waals surface area contributed by atoms with Crippen LogP contribution in [-0.2, 0) is 0 Å². The highest BCUT2D eigenvalue weighted by atomic mass is 35.5. The number of benzene rings is 1. The third-order valence-electron chi connectivity index (χ3n) is 1.96. The molecule has 0 bridgehead atoms. The quantitative estimate of drug-likeness (QED) is 0.756. The molecule has 5 heteroatoms. The molecule has 15 heavy (non-hydrogen) atoms. The Hall–Kier alpha value is -1.68. The summed E-state index contributed by atoms with van der Waals surface area (Å²) in [6.07, 6.45) is 1.51. The number of anilines is 1. The van der Waals surface area contributed by atoms with E-state index in [1.165, 1.54) is 18.3 Å². The van der Waals surface area contributed by atoms with Crippen LogP contribution in [0.4, 0.5) is 10.1 Å². The van der Waals surface area contributed by atoms with Crippen molar-refractivity contribution < 1.29 is 4.39 Å². The lowest BCUT2D eigenvalue weighted by Crippen LogP contribution is -1.91. The minimum Gasteiger partial charge on any atom is -0.396 e. The molecule has 1 aromatic heterocycles. The van der Waals surface area contributed by atoms with Gasteiger partial charge >= 0.3 is 0 Å². The van der Waals surface area contributed by atoms with Crippen LogP contribution in [0.25, 0.3) is 11.1 Å². The van der Waals surface area contributed by atoms with Crippen molar-refractivity contribution in [2.24, 2.45) is 0 Å². The van der Waals surface area contributed by atoms with E-state index in [-0.39, 0.29) is 10.8 Å². The fraction of sp³-hybridized carbons (Fsp3) is 0. The molecule has 0 aliphatic heterocycles. The van der Waals surface area contributed by atoms with Gasteiger partial charge in [-0.1, -0.05) is 17.7 Å². The van der Waals surface area contributed by atoms with Crippen LogP contribution in [-0.4, -0.2) is 10.2 Å². The second-order valence-corrected chi connectivity index (χ2v) is 3.39. The molecule has 0 radical (unpaired) electrons. The minimum absolute atomic E-state index is 0.117. The zero-order chi connectivity index (χ0) is 10.8. The number of aromatic nitrogens is 2. The summed E-state index contributed by atoms with van der Waals surface area (Å²) >= 11 is 5.67. The van der Waals surface area contributed by atoms with Gasteiger partial charge in [-0.05, 0) is 23.8 Å². The second-order valence-electron chi connectivity index (χ2n) is 3.00. The molecule has 0 atom stereocenters. The fourth-order valence-electron chi connectivity index (χ4n) is 1.21.